The lowest BCUT2D eigenvalue weighted by Gasteiger charge is -2.16. The van der Waals surface area contributed by atoms with Gasteiger partial charge in [0.1, 0.15) is 5.75 Å². The fraction of sp³-hybridized carbons (Fsp3) is 0.375. The Hall–Kier alpha value is -1.88. The molecule has 0 N–H and O–H groups in total. The number of thiazole rings is 1. The van der Waals surface area contributed by atoms with E-state index in [1.807, 2.05) is 40.7 Å². The van der Waals surface area contributed by atoms with Gasteiger partial charge in [0, 0.05) is 36.7 Å². The number of carbonyl (C=O) groups excluding carboxylic acids is 1. The van der Waals surface area contributed by atoms with E-state index >= 15 is 0 Å². The third-order valence-electron chi connectivity index (χ3n) is 3.86. The first kappa shape index (κ1) is 14.1. The van der Waals surface area contributed by atoms with Crippen LogP contribution < -0.4 is 4.74 Å². The topological polar surface area (TPSA) is 42.4 Å². The van der Waals surface area contributed by atoms with E-state index in [-0.39, 0.29) is 5.91 Å². The Bertz CT molecular complexity index is 595. The molecular weight excluding hydrogens is 284 g/mol. The molecule has 5 heteroatoms. The van der Waals surface area contributed by atoms with Crippen molar-refractivity contribution in [1.29, 1.82) is 0 Å². The summed E-state index contributed by atoms with van der Waals surface area (Å²) in [6.45, 7) is 1.66. The van der Waals surface area contributed by atoms with Gasteiger partial charge in [0.25, 0.3) is 5.91 Å². The molecule has 0 spiro atoms. The average Bonchev–Trinajstić information content (AvgIpc) is 3.19. The lowest BCUT2D eigenvalue weighted by atomic mass is 10.1. The molecule has 1 amide bonds. The second kappa shape index (κ2) is 6.26. The van der Waals surface area contributed by atoms with E-state index in [4.69, 9.17) is 4.74 Å². The van der Waals surface area contributed by atoms with Crippen LogP contribution in [-0.2, 0) is 6.42 Å². The number of amides is 1. The van der Waals surface area contributed by atoms with Gasteiger partial charge in [-0.25, -0.2) is 4.98 Å². The minimum Gasteiger partial charge on any atom is -0.497 e. The summed E-state index contributed by atoms with van der Waals surface area (Å²) in [7, 11) is 1.63. The summed E-state index contributed by atoms with van der Waals surface area (Å²) < 4.78 is 5.12. The minimum atomic E-state index is 0.110. The van der Waals surface area contributed by atoms with Crippen LogP contribution in [0, 0.1) is 5.92 Å². The summed E-state index contributed by atoms with van der Waals surface area (Å²) in [5, 5.41) is 3.17. The summed E-state index contributed by atoms with van der Waals surface area (Å²) >= 11 is 1.69. The minimum absolute atomic E-state index is 0.110. The standard InChI is InChI=1S/C16H18N2O2S/c1-20-14-4-2-13(3-5-14)16(19)18-8-6-12(11-18)10-15-17-7-9-21-15/h2-5,7,9,12H,6,8,10-11H2,1H3/t12-/m0/s1. The van der Waals surface area contributed by atoms with Gasteiger partial charge in [-0.15, -0.1) is 11.3 Å². The van der Waals surface area contributed by atoms with Crippen LogP contribution in [0.2, 0.25) is 0 Å². The fourth-order valence-electron chi connectivity index (χ4n) is 2.70. The van der Waals surface area contributed by atoms with E-state index in [0.717, 1.165) is 37.2 Å². The molecule has 21 heavy (non-hydrogen) atoms. The number of benzene rings is 1. The monoisotopic (exact) mass is 302 g/mol. The summed E-state index contributed by atoms with van der Waals surface area (Å²) in [5.41, 5.74) is 0.727. The van der Waals surface area contributed by atoms with Crippen molar-refractivity contribution in [2.45, 2.75) is 12.8 Å². The van der Waals surface area contributed by atoms with Crippen molar-refractivity contribution in [3.63, 3.8) is 0 Å². The highest BCUT2D eigenvalue weighted by Gasteiger charge is 2.27. The molecule has 1 saturated heterocycles. The van der Waals surface area contributed by atoms with Gasteiger partial charge in [-0.05, 0) is 36.6 Å². The predicted molar refractivity (Wildman–Crippen MR) is 82.8 cm³/mol. The number of nitrogens with zero attached hydrogens (tertiary/aromatic N) is 2. The fourth-order valence-corrected chi connectivity index (χ4v) is 3.43. The molecule has 0 bridgehead atoms. The third-order valence-corrected chi connectivity index (χ3v) is 4.66. The van der Waals surface area contributed by atoms with Gasteiger partial charge in [-0.1, -0.05) is 0 Å². The van der Waals surface area contributed by atoms with Crippen molar-refractivity contribution in [3.8, 4) is 5.75 Å². The molecule has 3 rings (SSSR count). The van der Waals surface area contributed by atoms with Crippen molar-refractivity contribution in [1.82, 2.24) is 9.88 Å². The van der Waals surface area contributed by atoms with Crippen molar-refractivity contribution < 1.29 is 9.53 Å². The maximum atomic E-state index is 12.5. The molecule has 2 aromatic rings. The Morgan fingerprint density at radius 2 is 2.24 bits per heavy atom. The summed E-state index contributed by atoms with van der Waals surface area (Å²) in [5.74, 6) is 1.41. The first-order valence-electron chi connectivity index (χ1n) is 7.08. The zero-order chi connectivity index (χ0) is 14.7. The lowest BCUT2D eigenvalue weighted by molar-refractivity contribution is 0.0787. The highest BCUT2D eigenvalue weighted by molar-refractivity contribution is 7.09. The zero-order valence-electron chi connectivity index (χ0n) is 12.0. The highest BCUT2D eigenvalue weighted by Crippen LogP contribution is 2.23. The number of hydrogen-bond acceptors (Lipinski definition) is 4. The van der Waals surface area contributed by atoms with E-state index in [9.17, 15) is 4.79 Å². The molecule has 0 unspecified atom stereocenters. The largest absolute Gasteiger partial charge is 0.497 e. The molecule has 1 aliphatic heterocycles. The molecule has 1 aromatic heterocycles. The summed E-state index contributed by atoms with van der Waals surface area (Å²) in [6.07, 6.45) is 3.88. The Labute approximate surface area is 128 Å². The van der Waals surface area contributed by atoms with Gasteiger partial charge in [-0.2, -0.15) is 0 Å². The van der Waals surface area contributed by atoms with Gasteiger partial charge in [0.05, 0.1) is 12.1 Å². The molecule has 1 fully saturated rings. The quantitative estimate of drug-likeness (QED) is 0.872. The number of rotatable bonds is 4. The second-order valence-corrected chi connectivity index (χ2v) is 6.24. The maximum Gasteiger partial charge on any atom is 0.253 e. The van der Waals surface area contributed by atoms with E-state index in [1.54, 1.807) is 18.4 Å². The number of aromatic nitrogens is 1. The molecule has 0 saturated carbocycles. The van der Waals surface area contributed by atoms with Crippen LogP contribution in [0.3, 0.4) is 0 Å². The lowest BCUT2D eigenvalue weighted by Crippen LogP contribution is -2.28. The molecule has 4 nitrogen and oxygen atoms in total. The number of hydrogen-bond donors (Lipinski definition) is 0. The molecule has 110 valence electrons. The Kier molecular flexibility index (Phi) is 4.20. The molecule has 0 aliphatic carbocycles. The van der Waals surface area contributed by atoms with Crippen LogP contribution in [0.1, 0.15) is 21.8 Å². The molecule has 1 aromatic carbocycles. The smallest absolute Gasteiger partial charge is 0.253 e. The molecule has 0 radical (unpaired) electrons. The number of carbonyl (C=O) groups is 1. The first-order valence-corrected chi connectivity index (χ1v) is 7.96. The molecule has 1 atom stereocenters. The number of likely N-dealkylation sites (tertiary alicyclic amines) is 1. The van der Waals surface area contributed by atoms with Gasteiger partial charge in [-0.3, -0.25) is 4.79 Å². The Morgan fingerprint density at radius 1 is 1.43 bits per heavy atom. The van der Waals surface area contributed by atoms with Crippen molar-refractivity contribution in [2.24, 2.45) is 5.92 Å². The number of ether oxygens (including phenoxy) is 1. The van der Waals surface area contributed by atoms with Crippen molar-refractivity contribution >= 4 is 17.2 Å². The summed E-state index contributed by atoms with van der Waals surface area (Å²) in [6, 6.07) is 7.32. The van der Waals surface area contributed by atoms with Gasteiger partial charge >= 0.3 is 0 Å². The molecular formula is C16H18N2O2S. The normalized spacial score (nSPS) is 18.0. The van der Waals surface area contributed by atoms with Crippen molar-refractivity contribution in [3.05, 3.63) is 46.4 Å². The van der Waals surface area contributed by atoms with Gasteiger partial charge < -0.3 is 9.64 Å². The SMILES string of the molecule is COc1ccc(C(=O)N2CC[C@@H](Cc3nccs3)C2)cc1. The van der Waals surface area contributed by atoms with Crippen LogP contribution >= 0.6 is 11.3 Å². The van der Waals surface area contributed by atoms with E-state index < -0.39 is 0 Å². The predicted octanol–water partition coefficient (Wildman–Crippen LogP) is 2.86. The van der Waals surface area contributed by atoms with E-state index in [0.29, 0.717) is 5.92 Å². The van der Waals surface area contributed by atoms with Crippen LogP contribution in [-0.4, -0.2) is 36.0 Å². The third kappa shape index (κ3) is 3.24. The van der Waals surface area contributed by atoms with Crippen LogP contribution in [0.25, 0.3) is 0 Å². The first-order chi connectivity index (χ1) is 10.3. The summed E-state index contributed by atoms with van der Waals surface area (Å²) in [4.78, 5) is 18.7. The maximum absolute atomic E-state index is 12.5. The molecule has 2 heterocycles. The number of methoxy groups -OCH3 is 1. The van der Waals surface area contributed by atoms with Crippen LogP contribution in [0.15, 0.2) is 35.8 Å². The molecule has 1 aliphatic rings. The van der Waals surface area contributed by atoms with E-state index in [2.05, 4.69) is 4.98 Å². The van der Waals surface area contributed by atoms with Gasteiger partial charge in [0.2, 0.25) is 0 Å². The van der Waals surface area contributed by atoms with Crippen LogP contribution in [0.5, 0.6) is 5.75 Å². The highest BCUT2D eigenvalue weighted by atomic mass is 32.1. The zero-order valence-corrected chi connectivity index (χ0v) is 12.8. The second-order valence-electron chi connectivity index (χ2n) is 5.26. The average molecular weight is 302 g/mol. The Morgan fingerprint density at radius 3 is 2.90 bits per heavy atom. The van der Waals surface area contributed by atoms with E-state index in [1.165, 1.54) is 5.01 Å². The van der Waals surface area contributed by atoms with Crippen molar-refractivity contribution in [2.75, 3.05) is 20.2 Å². The van der Waals surface area contributed by atoms with Gasteiger partial charge in [0.15, 0.2) is 0 Å². The van der Waals surface area contributed by atoms with Crippen LogP contribution in [0.4, 0.5) is 0 Å². The Balaban J connectivity index is 1.60.